The van der Waals surface area contributed by atoms with Gasteiger partial charge < -0.3 is 20.3 Å². The van der Waals surface area contributed by atoms with Crippen LogP contribution in [-0.2, 0) is 19.1 Å². The van der Waals surface area contributed by atoms with Crippen LogP contribution in [0.4, 0.5) is 0 Å². The van der Waals surface area contributed by atoms with E-state index >= 15 is 0 Å². The maximum absolute atomic E-state index is 12.5. The van der Waals surface area contributed by atoms with Crippen LogP contribution >= 0.6 is 0 Å². The fourth-order valence-electron chi connectivity index (χ4n) is 3.68. The Hall–Kier alpha value is -1.92. The zero-order valence-corrected chi connectivity index (χ0v) is 21.1. The lowest BCUT2D eigenvalue weighted by atomic mass is 9.86. The highest BCUT2D eigenvalue weighted by molar-refractivity contribution is 5.86. The number of nitrogens with two attached hydrogens (primary N) is 1. The second kappa shape index (κ2) is 19.5. The molecule has 0 saturated heterocycles. The first-order chi connectivity index (χ1) is 15.8. The minimum atomic E-state index is -1.46. The van der Waals surface area contributed by atoms with Crippen molar-refractivity contribution >= 4 is 11.9 Å². The molecule has 0 spiro atoms. The first-order valence-electron chi connectivity index (χ1n) is 12.6. The van der Waals surface area contributed by atoms with E-state index < -0.39 is 29.7 Å². The van der Waals surface area contributed by atoms with Crippen molar-refractivity contribution in [3.05, 3.63) is 37.0 Å². The number of carbonyl (C=O) groups is 2. The summed E-state index contributed by atoms with van der Waals surface area (Å²) in [6.45, 7) is 9.07. The molecule has 0 aromatic heterocycles. The van der Waals surface area contributed by atoms with Crippen molar-refractivity contribution in [3.8, 4) is 0 Å². The van der Waals surface area contributed by atoms with Gasteiger partial charge in [-0.2, -0.15) is 0 Å². The molecule has 3 N–H and O–H groups in total. The van der Waals surface area contributed by atoms with E-state index in [0.29, 0.717) is 19.3 Å². The van der Waals surface area contributed by atoms with Crippen LogP contribution < -0.4 is 5.73 Å². The highest BCUT2D eigenvalue weighted by Gasteiger charge is 2.47. The summed E-state index contributed by atoms with van der Waals surface area (Å²) in [6, 6.07) is 0. The number of rotatable bonds is 21. The SMILES string of the molecule is C=CC(=O)OC(CCCCC/C=C\C/C=C\CCCCC)C(CCC)(OCC(C)O)C(N)=O. The second-order valence-corrected chi connectivity index (χ2v) is 8.61. The van der Waals surface area contributed by atoms with Crippen LogP contribution in [-0.4, -0.2) is 41.4 Å². The third-order valence-electron chi connectivity index (χ3n) is 5.48. The van der Waals surface area contributed by atoms with Crippen molar-refractivity contribution in [1.29, 1.82) is 0 Å². The quantitative estimate of drug-likeness (QED) is 0.100. The summed E-state index contributed by atoms with van der Waals surface area (Å²) in [6.07, 6.45) is 19.3. The monoisotopic (exact) mass is 465 g/mol. The van der Waals surface area contributed by atoms with Gasteiger partial charge in [0.05, 0.1) is 12.7 Å². The lowest BCUT2D eigenvalue weighted by Gasteiger charge is -2.37. The fourth-order valence-corrected chi connectivity index (χ4v) is 3.68. The smallest absolute Gasteiger partial charge is 0.330 e. The summed E-state index contributed by atoms with van der Waals surface area (Å²) in [5.41, 5.74) is 4.26. The maximum Gasteiger partial charge on any atom is 0.330 e. The van der Waals surface area contributed by atoms with E-state index in [2.05, 4.69) is 37.8 Å². The second-order valence-electron chi connectivity index (χ2n) is 8.61. The highest BCUT2D eigenvalue weighted by atomic mass is 16.6. The van der Waals surface area contributed by atoms with Crippen molar-refractivity contribution < 1.29 is 24.2 Å². The number of aliphatic hydroxyl groups is 1. The first kappa shape index (κ1) is 31.1. The lowest BCUT2D eigenvalue weighted by Crippen LogP contribution is -2.57. The topological polar surface area (TPSA) is 98.8 Å². The van der Waals surface area contributed by atoms with Gasteiger partial charge in [-0.15, -0.1) is 0 Å². The van der Waals surface area contributed by atoms with Gasteiger partial charge in [-0.25, -0.2) is 4.79 Å². The number of hydrogen-bond acceptors (Lipinski definition) is 5. The average molecular weight is 466 g/mol. The van der Waals surface area contributed by atoms with E-state index in [-0.39, 0.29) is 6.61 Å². The third kappa shape index (κ3) is 14.1. The molecule has 6 heteroatoms. The molecule has 33 heavy (non-hydrogen) atoms. The van der Waals surface area contributed by atoms with E-state index in [1.54, 1.807) is 6.92 Å². The molecular formula is C27H47NO5. The lowest BCUT2D eigenvalue weighted by molar-refractivity contribution is -0.185. The van der Waals surface area contributed by atoms with Crippen molar-refractivity contribution in [2.45, 2.75) is 116 Å². The van der Waals surface area contributed by atoms with E-state index in [4.69, 9.17) is 15.2 Å². The number of esters is 1. The van der Waals surface area contributed by atoms with E-state index in [1.807, 2.05) is 6.92 Å². The minimum Gasteiger partial charge on any atom is -0.456 e. The Morgan fingerprint density at radius 2 is 1.64 bits per heavy atom. The van der Waals surface area contributed by atoms with Crippen LogP contribution in [0.2, 0.25) is 0 Å². The molecule has 3 unspecified atom stereocenters. The predicted molar refractivity (Wildman–Crippen MR) is 135 cm³/mol. The fraction of sp³-hybridized carbons (Fsp3) is 0.704. The molecule has 0 bridgehead atoms. The minimum absolute atomic E-state index is 0.0665. The summed E-state index contributed by atoms with van der Waals surface area (Å²) >= 11 is 0. The molecular weight excluding hydrogens is 418 g/mol. The van der Waals surface area contributed by atoms with Crippen LogP contribution in [0.5, 0.6) is 0 Å². The van der Waals surface area contributed by atoms with Crippen LogP contribution in [0.1, 0.15) is 97.8 Å². The predicted octanol–water partition coefficient (Wildman–Crippen LogP) is 5.54. The van der Waals surface area contributed by atoms with Gasteiger partial charge in [-0.05, 0) is 58.3 Å². The third-order valence-corrected chi connectivity index (χ3v) is 5.48. The molecule has 0 saturated carbocycles. The average Bonchev–Trinajstić information content (AvgIpc) is 2.78. The molecule has 0 rings (SSSR count). The van der Waals surface area contributed by atoms with Crippen LogP contribution in [0, 0.1) is 0 Å². The van der Waals surface area contributed by atoms with Gasteiger partial charge in [-0.3, -0.25) is 4.79 Å². The summed E-state index contributed by atoms with van der Waals surface area (Å²) in [5.74, 6) is -1.30. The number of primary amides is 1. The number of carbonyl (C=O) groups excluding carboxylic acids is 2. The molecule has 3 atom stereocenters. The van der Waals surface area contributed by atoms with Crippen molar-refractivity contribution in [2.24, 2.45) is 5.73 Å². The molecule has 190 valence electrons. The van der Waals surface area contributed by atoms with Gasteiger partial charge in [0, 0.05) is 6.08 Å². The molecule has 0 radical (unpaired) electrons. The number of hydrogen-bond donors (Lipinski definition) is 2. The molecule has 0 aliphatic rings. The Morgan fingerprint density at radius 3 is 2.15 bits per heavy atom. The molecule has 0 aromatic rings. The molecule has 0 heterocycles. The zero-order chi connectivity index (χ0) is 25.0. The Kier molecular flexibility index (Phi) is 18.4. The van der Waals surface area contributed by atoms with Crippen molar-refractivity contribution in [1.82, 2.24) is 0 Å². The van der Waals surface area contributed by atoms with Gasteiger partial charge >= 0.3 is 5.97 Å². The van der Waals surface area contributed by atoms with E-state index in [1.165, 1.54) is 19.3 Å². The largest absolute Gasteiger partial charge is 0.456 e. The van der Waals surface area contributed by atoms with Crippen molar-refractivity contribution in [3.63, 3.8) is 0 Å². The summed E-state index contributed by atoms with van der Waals surface area (Å²) < 4.78 is 11.3. The Balaban J connectivity index is 4.75. The number of unbranched alkanes of at least 4 members (excludes halogenated alkanes) is 6. The Morgan fingerprint density at radius 1 is 1.00 bits per heavy atom. The highest BCUT2D eigenvalue weighted by Crippen LogP contribution is 2.30. The van der Waals surface area contributed by atoms with E-state index in [9.17, 15) is 14.7 Å². The number of aliphatic hydroxyl groups excluding tert-OH is 1. The van der Waals surface area contributed by atoms with Gasteiger partial charge in [0.15, 0.2) is 5.60 Å². The van der Waals surface area contributed by atoms with Crippen LogP contribution in [0.25, 0.3) is 0 Å². The maximum atomic E-state index is 12.5. The number of ether oxygens (including phenoxy) is 2. The molecule has 6 nitrogen and oxygen atoms in total. The van der Waals surface area contributed by atoms with Crippen molar-refractivity contribution in [2.75, 3.05) is 6.61 Å². The molecule has 0 fully saturated rings. The Labute approximate surface area is 201 Å². The van der Waals surface area contributed by atoms with Gasteiger partial charge in [-0.1, -0.05) is 70.4 Å². The normalized spacial score (nSPS) is 15.4. The van der Waals surface area contributed by atoms with Crippen LogP contribution in [0.15, 0.2) is 37.0 Å². The van der Waals surface area contributed by atoms with E-state index in [0.717, 1.165) is 44.6 Å². The number of amides is 1. The molecule has 1 amide bonds. The molecule has 0 aromatic carbocycles. The van der Waals surface area contributed by atoms with Gasteiger partial charge in [0.2, 0.25) is 0 Å². The standard InChI is InChI=1S/C27H47NO5/c1-5-8-9-10-11-12-13-14-15-16-17-18-19-20-24(33-25(30)7-3)27(21-6-2,26(28)31)32-22-23(4)29/h7,11-12,14-15,23-24,29H,3,5-6,8-10,13,16-22H2,1-2,4H3,(H2,28,31)/b12-11-,15-14-. The summed E-state index contributed by atoms with van der Waals surface area (Å²) in [5, 5.41) is 9.66. The molecule has 0 aliphatic carbocycles. The van der Waals surface area contributed by atoms with Crippen LogP contribution in [0.3, 0.4) is 0 Å². The van der Waals surface area contributed by atoms with Gasteiger partial charge in [0.1, 0.15) is 6.10 Å². The molecule has 0 aliphatic heterocycles. The zero-order valence-electron chi connectivity index (χ0n) is 21.1. The summed E-state index contributed by atoms with van der Waals surface area (Å²) in [7, 11) is 0. The number of allylic oxidation sites excluding steroid dienone is 4. The van der Waals surface area contributed by atoms with Gasteiger partial charge in [0.25, 0.3) is 5.91 Å². The first-order valence-corrected chi connectivity index (χ1v) is 12.6. The summed E-state index contributed by atoms with van der Waals surface area (Å²) in [4.78, 5) is 24.4. The Bertz CT molecular complexity index is 599.